The fourth-order valence-electron chi connectivity index (χ4n) is 1.36. The summed E-state index contributed by atoms with van der Waals surface area (Å²) in [5.41, 5.74) is 6.76. The molecule has 0 saturated carbocycles. The Morgan fingerprint density at radius 1 is 1.36 bits per heavy atom. The van der Waals surface area contributed by atoms with E-state index in [0.717, 1.165) is 11.8 Å². The van der Waals surface area contributed by atoms with Crippen LogP contribution in [-0.2, 0) is 6.42 Å². The molecule has 1 nitrogen and oxygen atoms in total. The van der Waals surface area contributed by atoms with E-state index < -0.39 is 6.43 Å². The molecule has 78 valence electrons. The smallest absolute Gasteiger partial charge is 0.264 e. The lowest BCUT2D eigenvalue weighted by Gasteiger charge is -2.10. The molecule has 4 heteroatoms. The Labute approximate surface area is 90.4 Å². The largest absolute Gasteiger partial charge is 0.398 e. The van der Waals surface area contributed by atoms with Gasteiger partial charge in [0, 0.05) is 16.6 Å². The molecule has 0 radical (unpaired) electrons. The molecular weight excluding hydrogens is 252 g/mol. The van der Waals surface area contributed by atoms with Crippen molar-refractivity contribution in [3.05, 3.63) is 29.3 Å². The number of hydrogen-bond acceptors (Lipinski definition) is 1. The van der Waals surface area contributed by atoms with Crippen LogP contribution in [0.2, 0.25) is 0 Å². The molecule has 0 atom stereocenters. The SMILES string of the molecule is Nc1cccc(C(F)F)c1CCCBr. The zero-order valence-corrected chi connectivity index (χ0v) is 9.23. The average molecular weight is 264 g/mol. The Morgan fingerprint density at radius 2 is 2.07 bits per heavy atom. The normalized spacial score (nSPS) is 10.9. The minimum absolute atomic E-state index is 0.0611. The highest BCUT2D eigenvalue weighted by molar-refractivity contribution is 9.09. The van der Waals surface area contributed by atoms with E-state index in [0.29, 0.717) is 17.7 Å². The van der Waals surface area contributed by atoms with Crippen molar-refractivity contribution < 1.29 is 8.78 Å². The second kappa shape index (κ2) is 5.29. The molecule has 0 saturated heterocycles. The summed E-state index contributed by atoms with van der Waals surface area (Å²) in [5, 5.41) is 0.796. The fraction of sp³-hybridized carbons (Fsp3) is 0.400. The van der Waals surface area contributed by atoms with Gasteiger partial charge in [-0.2, -0.15) is 0 Å². The van der Waals surface area contributed by atoms with Crippen molar-refractivity contribution in [2.45, 2.75) is 19.3 Å². The van der Waals surface area contributed by atoms with Gasteiger partial charge in [0.25, 0.3) is 6.43 Å². The third-order valence-electron chi connectivity index (χ3n) is 2.04. The molecule has 2 N–H and O–H groups in total. The highest BCUT2D eigenvalue weighted by Crippen LogP contribution is 2.27. The van der Waals surface area contributed by atoms with Gasteiger partial charge in [-0.05, 0) is 24.5 Å². The molecule has 0 unspecified atom stereocenters. The molecule has 1 rings (SSSR count). The van der Waals surface area contributed by atoms with E-state index in [1.165, 1.54) is 6.07 Å². The van der Waals surface area contributed by atoms with Crippen LogP contribution >= 0.6 is 15.9 Å². The van der Waals surface area contributed by atoms with Crippen molar-refractivity contribution in [3.8, 4) is 0 Å². The van der Waals surface area contributed by atoms with E-state index >= 15 is 0 Å². The van der Waals surface area contributed by atoms with Gasteiger partial charge in [-0.25, -0.2) is 8.78 Å². The van der Waals surface area contributed by atoms with E-state index in [-0.39, 0.29) is 5.56 Å². The number of hydrogen-bond donors (Lipinski definition) is 1. The Bertz CT molecular complexity index is 302. The Hall–Kier alpha value is -0.640. The van der Waals surface area contributed by atoms with Gasteiger partial charge in [-0.1, -0.05) is 28.1 Å². The van der Waals surface area contributed by atoms with E-state index in [1.807, 2.05) is 0 Å². The second-order valence-electron chi connectivity index (χ2n) is 3.01. The lowest BCUT2D eigenvalue weighted by atomic mass is 10.0. The lowest BCUT2D eigenvalue weighted by Crippen LogP contribution is -2.01. The van der Waals surface area contributed by atoms with E-state index in [1.54, 1.807) is 12.1 Å². The molecule has 0 amide bonds. The minimum Gasteiger partial charge on any atom is -0.398 e. The summed E-state index contributed by atoms with van der Waals surface area (Å²) in [6.07, 6.45) is -1.03. The monoisotopic (exact) mass is 263 g/mol. The maximum atomic E-state index is 12.6. The van der Waals surface area contributed by atoms with E-state index in [4.69, 9.17) is 5.73 Å². The van der Waals surface area contributed by atoms with Crippen LogP contribution in [-0.4, -0.2) is 5.33 Å². The zero-order valence-electron chi connectivity index (χ0n) is 7.64. The third-order valence-corrected chi connectivity index (χ3v) is 2.60. The van der Waals surface area contributed by atoms with Crippen LogP contribution in [0.5, 0.6) is 0 Å². The first-order chi connectivity index (χ1) is 6.66. The number of anilines is 1. The summed E-state index contributed by atoms with van der Waals surface area (Å²) in [5.74, 6) is 0. The van der Waals surface area contributed by atoms with Gasteiger partial charge in [0.2, 0.25) is 0 Å². The lowest BCUT2D eigenvalue weighted by molar-refractivity contribution is 0.150. The van der Waals surface area contributed by atoms with Crippen LogP contribution in [0.3, 0.4) is 0 Å². The van der Waals surface area contributed by atoms with Crippen LogP contribution in [0.1, 0.15) is 24.0 Å². The molecule has 0 heterocycles. The van der Waals surface area contributed by atoms with Gasteiger partial charge in [0.05, 0.1) is 0 Å². The van der Waals surface area contributed by atoms with Gasteiger partial charge in [-0.15, -0.1) is 0 Å². The predicted molar refractivity (Wildman–Crippen MR) is 57.9 cm³/mol. The summed E-state index contributed by atoms with van der Waals surface area (Å²) in [6.45, 7) is 0. The van der Waals surface area contributed by atoms with Gasteiger partial charge in [0.15, 0.2) is 0 Å². The topological polar surface area (TPSA) is 26.0 Å². The number of nitrogens with two attached hydrogens (primary N) is 1. The van der Waals surface area contributed by atoms with Gasteiger partial charge in [-0.3, -0.25) is 0 Å². The molecule has 0 spiro atoms. The molecule has 0 fully saturated rings. The molecule has 1 aromatic rings. The highest BCUT2D eigenvalue weighted by Gasteiger charge is 2.13. The molecule has 0 aliphatic carbocycles. The van der Waals surface area contributed by atoms with Crippen molar-refractivity contribution in [2.24, 2.45) is 0 Å². The first kappa shape index (κ1) is 11.4. The molecule has 0 aliphatic rings. The molecular formula is C10H12BrF2N. The first-order valence-corrected chi connectivity index (χ1v) is 5.50. The van der Waals surface area contributed by atoms with Crippen molar-refractivity contribution in [3.63, 3.8) is 0 Å². The Morgan fingerprint density at radius 3 is 2.64 bits per heavy atom. The average Bonchev–Trinajstić information content (AvgIpc) is 2.15. The number of halogens is 3. The minimum atomic E-state index is -2.44. The maximum absolute atomic E-state index is 12.6. The maximum Gasteiger partial charge on any atom is 0.264 e. The number of nitrogen functional groups attached to an aromatic ring is 1. The molecule has 0 aliphatic heterocycles. The molecule has 1 aromatic carbocycles. The highest BCUT2D eigenvalue weighted by atomic mass is 79.9. The van der Waals surface area contributed by atoms with E-state index in [9.17, 15) is 8.78 Å². The van der Waals surface area contributed by atoms with Crippen LogP contribution in [0.25, 0.3) is 0 Å². The second-order valence-corrected chi connectivity index (χ2v) is 3.80. The van der Waals surface area contributed by atoms with Crippen molar-refractivity contribution in [1.29, 1.82) is 0 Å². The summed E-state index contributed by atoms with van der Waals surface area (Å²) in [7, 11) is 0. The van der Waals surface area contributed by atoms with Crippen LogP contribution in [0.15, 0.2) is 18.2 Å². The summed E-state index contributed by atoms with van der Waals surface area (Å²) >= 11 is 3.26. The summed E-state index contributed by atoms with van der Waals surface area (Å²) in [6, 6.07) is 4.66. The van der Waals surface area contributed by atoms with Crippen molar-refractivity contribution in [1.82, 2.24) is 0 Å². The van der Waals surface area contributed by atoms with Crippen molar-refractivity contribution >= 4 is 21.6 Å². The summed E-state index contributed by atoms with van der Waals surface area (Å²) in [4.78, 5) is 0. The van der Waals surface area contributed by atoms with Crippen LogP contribution in [0.4, 0.5) is 14.5 Å². The first-order valence-electron chi connectivity index (χ1n) is 4.38. The van der Waals surface area contributed by atoms with Crippen LogP contribution < -0.4 is 5.73 Å². The van der Waals surface area contributed by atoms with Crippen LogP contribution in [0, 0.1) is 0 Å². The molecule has 14 heavy (non-hydrogen) atoms. The quantitative estimate of drug-likeness (QED) is 0.653. The van der Waals surface area contributed by atoms with E-state index in [2.05, 4.69) is 15.9 Å². The summed E-state index contributed by atoms with van der Waals surface area (Å²) < 4.78 is 25.1. The standard InChI is InChI=1S/C10H12BrF2N/c11-6-2-4-7-8(10(12)13)3-1-5-9(7)14/h1,3,5,10H,2,4,6,14H2. The molecule has 0 aromatic heterocycles. The number of alkyl halides is 3. The zero-order chi connectivity index (χ0) is 10.6. The number of rotatable bonds is 4. The Kier molecular flexibility index (Phi) is 4.32. The number of benzene rings is 1. The van der Waals surface area contributed by atoms with Gasteiger partial charge in [0.1, 0.15) is 0 Å². The van der Waals surface area contributed by atoms with Gasteiger partial charge < -0.3 is 5.73 Å². The Balaban J connectivity index is 2.96. The van der Waals surface area contributed by atoms with Gasteiger partial charge >= 0.3 is 0 Å². The third kappa shape index (κ3) is 2.67. The molecule has 0 bridgehead atoms. The predicted octanol–water partition coefficient (Wildman–Crippen LogP) is 3.53. The van der Waals surface area contributed by atoms with Crippen molar-refractivity contribution in [2.75, 3.05) is 11.1 Å². The fourth-order valence-corrected chi connectivity index (χ4v) is 1.64.